The molecule has 1 fully saturated rings. The molecule has 3 rings (SSSR count). The predicted octanol–water partition coefficient (Wildman–Crippen LogP) is 0.503. The Hall–Kier alpha value is -3.61. The fourth-order valence-electron chi connectivity index (χ4n) is 4.82. The molecule has 256 valence electrons. The summed E-state index contributed by atoms with van der Waals surface area (Å²) >= 11 is 0. The van der Waals surface area contributed by atoms with Crippen LogP contribution in [-0.4, -0.2) is 82.9 Å². The number of amides is 2. The normalized spacial score (nSPS) is 21.0. The van der Waals surface area contributed by atoms with Crippen molar-refractivity contribution in [3.05, 3.63) is 69.0 Å². The van der Waals surface area contributed by atoms with Gasteiger partial charge in [0.1, 0.15) is 31.0 Å². The number of aromatic amines is 1. The molecule has 0 aliphatic carbocycles. The molecule has 6 atom stereocenters. The van der Waals surface area contributed by atoms with Crippen LogP contribution in [-0.2, 0) is 28.8 Å². The minimum atomic E-state index is -4.84. The molecule has 46 heavy (non-hydrogen) atoms. The number of nitrogens with zero attached hydrogens (tertiary/aromatic N) is 1. The van der Waals surface area contributed by atoms with Gasteiger partial charge in [-0.3, -0.25) is 23.3 Å². The van der Waals surface area contributed by atoms with Gasteiger partial charge >= 0.3 is 22.1 Å². The average molecular weight is 671 g/mol. The van der Waals surface area contributed by atoms with E-state index < -0.39 is 77.5 Å². The highest BCUT2D eigenvalue weighted by Crippen LogP contribution is 2.28. The smallest absolute Gasteiger partial charge is 0.422 e. The zero-order valence-corrected chi connectivity index (χ0v) is 26.3. The van der Waals surface area contributed by atoms with Crippen LogP contribution < -0.4 is 21.3 Å². The number of carbonyl (C=O) groups is 2. The van der Waals surface area contributed by atoms with Crippen molar-refractivity contribution in [2.75, 3.05) is 13.2 Å². The number of nitrogens with one attached hydrogen (secondary N) is 3. The van der Waals surface area contributed by atoms with Crippen LogP contribution >= 0.6 is 0 Å². The van der Waals surface area contributed by atoms with Gasteiger partial charge in [0.05, 0.1) is 12.6 Å². The third-order valence-electron chi connectivity index (χ3n) is 7.33. The molecular weight excluding hydrogens is 628 g/mol. The van der Waals surface area contributed by atoms with E-state index in [2.05, 4.69) is 12.2 Å². The number of ether oxygens (including phenoxy) is 2. The van der Waals surface area contributed by atoms with Gasteiger partial charge in [-0.1, -0.05) is 75.8 Å². The van der Waals surface area contributed by atoms with Gasteiger partial charge < -0.3 is 30.1 Å². The first kappa shape index (κ1) is 36.9. The Kier molecular flexibility index (Phi) is 14.4. The second-order valence-corrected chi connectivity index (χ2v) is 12.3. The molecular formula is C29H42N4O12S. The molecule has 1 saturated heterocycles. The number of aliphatic hydroxyl groups is 3. The maximum absolute atomic E-state index is 12.6. The van der Waals surface area contributed by atoms with Crippen LogP contribution in [0.25, 0.3) is 0 Å². The Morgan fingerprint density at radius 1 is 1.02 bits per heavy atom. The van der Waals surface area contributed by atoms with Crippen molar-refractivity contribution in [2.24, 2.45) is 0 Å². The molecule has 1 aliphatic rings. The summed E-state index contributed by atoms with van der Waals surface area (Å²) < 4.78 is 42.2. The van der Waals surface area contributed by atoms with Crippen LogP contribution in [0, 0.1) is 0 Å². The predicted molar refractivity (Wildman–Crippen MR) is 163 cm³/mol. The van der Waals surface area contributed by atoms with Gasteiger partial charge in [-0.2, -0.15) is 13.1 Å². The van der Waals surface area contributed by atoms with Gasteiger partial charge in [-0.25, -0.2) is 9.59 Å². The molecule has 6 N–H and O–H groups in total. The number of benzene rings is 1. The topological polar surface area (TPSA) is 236 Å². The van der Waals surface area contributed by atoms with E-state index in [9.17, 15) is 42.9 Å². The third kappa shape index (κ3) is 11.3. The first-order valence-electron chi connectivity index (χ1n) is 15.1. The number of hydrogen-bond donors (Lipinski definition) is 6. The number of aromatic nitrogens is 2. The molecule has 2 amide bonds. The minimum Gasteiger partial charge on any atom is -0.447 e. The molecule has 0 bridgehead atoms. The fraction of sp³-hybridized carbons (Fsp3) is 0.586. The second-order valence-electron chi connectivity index (χ2n) is 10.9. The summed E-state index contributed by atoms with van der Waals surface area (Å²) in [5.74, 6) is -0.367. The van der Waals surface area contributed by atoms with Gasteiger partial charge in [-0.05, 0) is 12.0 Å². The van der Waals surface area contributed by atoms with E-state index in [4.69, 9.17) is 13.7 Å². The Morgan fingerprint density at radius 2 is 1.70 bits per heavy atom. The summed E-state index contributed by atoms with van der Waals surface area (Å²) in [6.45, 7) is 0.668. The monoisotopic (exact) mass is 670 g/mol. The van der Waals surface area contributed by atoms with E-state index in [0.717, 1.165) is 48.9 Å². The van der Waals surface area contributed by atoms with Gasteiger partial charge in [0.2, 0.25) is 5.91 Å². The van der Waals surface area contributed by atoms with Crippen LogP contribution in [0.1, 0.15) is 76.2 Å². The lowest BCUT2D eigenvalue weighted by Gasteiger charge is -2.24. The molecule has 4 unspecified atom stereocenters. The number of H-pyrrole nitrogens is 1. The Balaban J connectivity index is 1.52. The Morgan fingerprint density at radius 3 is 2.37 bits per heavy atom. The van der Waals surface area contributed by atoms with Crippen molar-refractivity contribution in [3.63, 3.8) is 0 Å². The van der Waals surface area contributed by atoms with Crippen LogP contribution in [0.15, 0.2) is 52.2 Å². The van der Waals surface area contributed by atoms with Crippen molar-refractivity contribution >= 4 is 22.3 Å². The maximum atomic E-state index is 12.6. The van der Waals surface area contributed by atoms with Gasteiger partial charge in [0.15, 0.2) is 6.23 Å². The largest absolute Gasteiger partial charge is 0.447 e. The number of aliphatic hydroxyl groups excluding tert-OH is 3. The molecule has 2 aromatic rings. The SMILES string of the molecule is CCCCCCCCCC(=O)NC(COC(=O)NS(=O)(=O)OC[C@H]1O[C@@H](n2ccc(=O)[nH]c2=O)C(O)C1O)C(O)c1ccccc1. The second kappa shape index (κ2) is 17.9. The van der Waals surface area contributed by atoms with Gasteiger partial charge in [-0.15, -0.1) is 0 Å². The summed E-state index contributed by atoms with van der Waals surface area (Å²) in [4.78, 5) is 50.3. The lowest BCUT2D eigenvalue weighted by molar-refractivity contribution is -0.123. The molecule has 17 heteroatoms. The lowest BCUT2D eigenvalue weighted by atomic mass is 10.0. The van der Waals surface area contributed by atoms with Crippen LogP contribution in [0.2, 0.25) is 0 Å². The average Bonchev–Trinajstić information content (AvgIpc) is 3.30. The molecule has 0 saturated carbocycles. The van der Waals surface area contributed by atoms with Gasteiger partial charge in [0, 0.05) is 18.7 Å². The highest BCUT2D eigenvalue weighted by molar-refractivity contribution is 7.85. The number of hydrogen-bond acceptors (Lipinski definition) is 12. The van der Waals surface area contributed by atoms with Crippen molar-refractivity contribution in [2.45, 2.75) is 95.0 Å². The summed E-state index contributed by atoms with van der Waals surface area (Å²) in [5.41, 5.74) is -1.21. The number of carbonyl (C=O) groups excluding carboxylic acids is 2. The maximum Gasteiger partial charge on any atom is 0.422 e. The summed E-state index contributed by atoms with van der Waals surface area (Å²) in [6.07, 6.45) is -0.776. The van der Waals surface area contributed by atoms with Crippen LogP contribution in [0.3, 0.4) is 0 Å². The van der Waals surface area contributed by atoms with E-state index >= 15 is 0 Å². The summed E-state index contributed by atoms with van der Waals surface area (Å²) in [7, 11) is -4.84. The third-order valence-corrected chi connectivity index (χ3v) is 8.19. The number of rotatable bonds is 18. The molecule has 2 heterocycles. The van der Waals surface area contributed by atoms with E-state index in [1.807, 2.05) is 4.98 Å². The highest BCUT2D eigenvalue weighted by atomic mass is 32.2. The zero-order chi connectivity index (χ0) is 33.7. The molecule has 0 radical (unpaired) electrons. The van der Waals surface area contributed by atoms with Crippen molar-refractivity contribution < 1.29 is 47.0 Å². The van der Waals surface area contributed by atoms with E-state index in [1.165, 1.54) is 11.1 Å². The summed E-state index contributed by atoms with van der Waals surface area (Å²) in [5, 5.41) is 34.1. The quantitative estimate of drug-likeness (QED) is 0.119. The van der Waals surface area contributed by atoms with Crippen LogP contribution in [0.5, 0.6) is 0 Å². The van der Waals surface area contributed by atoms with E-state index in [-0.39, 0.29) is 12.3 Å². The van der Waals surface area contributed by atoms with Crippen LogP contribution in [0.4, 0.5) is 4.79 Å². The molecule has 0 spiro atoms. The van der Waals surface area contributed by atoms with Crippen molar-refractivity contribution in [3.8, 4) is 0 Å². The highest BCUT2D eigenvalue weighted by Gasteiger charge is 2.45. The summed E-state index contributed by atoms with van der Waals surface area (Å²) in [6, 6.07) is 8.21. The lowest BCUT2D eigenvalue weighted by Crippen LogP contribution is -2.44. The van der Waals surface area contributed by atoms with Crippen molar-refractivity contribution in [1.82, 2.24) is 19.6 Å². The standard InChI is InChI=1S/C29H42N4O12S/c1-2-3-4-5-6-7-11-14-22(34)30-20(24(36)19-12-9-8-10-13-19)17-43-29(40)32-46(41,42)44-18-21-25(37)26(38)27(45-21)33-16-15-23(35)31-28(33)39/h8-10,12-13,15-16,20-21,24-27,36-38H,2-7,11,14,17-18H2,1H3,(H,30,34)(H,32,40)(H,31,35,39)/t20?,21-,24?,25?,26?,27-/m1/s1. The van der Waals surface area contributed by atoms with E-state index in [0.29, 0.717) is 12.0 Å². The molecule has 1 aromatic heterocycles. The Labute approximate surface area is 266 Å². The Bertz CT molecular complexity index is 1480. The molecule has 16 nitrogen and oxygen atoms in total. The zero-order valence-electron chi connectivity index (χ0n) is 25.4. The first-order valence-corrected chi connectivity index (χ1v) is 16.5. The molecule has 1 aromatic carbocycles. The molecule has 1 aliphatic heterocycles. The number of unbranched alkanes of at least 4 members (excludes halogenated alkanes) is 6. The van der Waals surface area contributed by atoms with E-state index in [1.54, 1.807) is 30.3 Å². The fourth-order valence-corrected chi connectivity index (χ4v) is 5.46. The van der Waals surface area contributed by atoms with Gasteiger partial charge in [0.25, 0.3) is 5.56 Å². The first-order chi connectivity index (χ1) is 21.9. The van der Waals surface area contributed by atoms with Crippen molar-refractivity contribution in [1.29, 1.82) is 0 Å². The minimum absolute atomic E-state index is 0.196.